The van der Waals surface area contributed by atoms with Crippen molar-refractivity contribution in [2.75, 3.05) is 19.6 Å². The van der Waals surface area contributed by atoms with Gasteiger partial charge < -0.3 is 10.1 Å². The molecular weight excluding hydrogens is 336 g/mol. The molecule has 1 fully saturated rings. The Hall–Kier alpha value is -2.33. The van der Waals surface area contributed by atoms with Gasteiger partial charge >= 0.3 is 6.09 Å². The molecule has 2 aromatic rings. The third-order valence-corrected chi connectivity index (χ3v) is 4.90. The third-order valence-electron chi connectivity index (χ3n) is 4.90. The summed E-state index contributed by atoms with van der Waals surface area (Å²) in [7, 11) is 0. The summed E-state index contributed by atoms with van der Waals surface area (Å²) in [6.45, 7) is 9.18. The number of carbonyl (C=O) groups excluding carboxylic acids is 1. The van der Waals surface area contributed by atoms with Crippen molar-refractivity contribution in [3.63, 3.8) is 0 Å². The van der Waals surface area contributed by atoms with Gasteiger partial charge in [-0.2, -0.15) is 0 Å². The number of nitrogens with zero attached hydrogens (tertiary/aromatic N) is 1. The summed E-state index contributed by atoms with van der Waals surface area (Å²) in [4.78, 5) is 14.6. The van der Waals surface area contributed by atoms with Gasteiger partial charge in [0.25, 0.3) is 0 Å². The van der Waals surface area contributed by atoms with Crippen molar-refractivity contribution in [2.24, 2.45) is 5.92 Å². The summed E-state index contributed by atoms with van der Waals surface area (Å²) in [6.07, 6.45) is -0.337. The molecule has 4 heteroatoms. The van der Waals surface area contributed by atoms with Gasteiger partial charge in [0.05, 0.1) is 0 Å². The zero-order chi connectivity index (χ0) is 19.3. The van der Waals surface area contributed by atoms with Gasteiger partial charge in [-0.05, 0) is 37.8 Å². The van der Waals surface area contributed by atoms with Gasteiger partial charge in [0.1, 0.15) is 5.60 Å². The maximum absolute atomic E-state index is 12.1. The Morgan fingerprint density at radius 2 is 1.67 bits per heavy atom. The molecule has 0 unspecified atom stereocenters. The van der Waals surface area contributed by atoms with Crippen molar-refractivity contribution >= 4 is 6.09 Å². The van der Waals surface area contributed by atoms with Crippen molar-refractivity contribution in [1.82, 2.24) is 10.2 Å². The molecule has 1 N–H and O–H groups in total. The Bertz CT molecular complexity index is 725. The number of hydrogen-bond donors (Lipinski definition) is 1. The molecule has 0 radical (unpaired) electrons. The standard InChI is InChI=1S/C23H30N2O2/c1-23(2,3)27-22(26)24-14-20-16-25(15-18-10-6-4-7-11-18)17-21(20)19-12-8-5-9-13-19/h4-13,20-21H,14-17H2,1-3H3,(H,24,26)/t20-,21-/m1/s1. The highest BCUT2D eigenvalue weighted by atomic mass is 16.6. The van der Waals surface area contributed by atoms with Crippen molar-refractivity contribution < 1.29 is 9.53 Å². The fraction of sp³-hybridized carbons (Fsp3) is 0.435. The molecule has 0 spiro atoms. The molecule has 2 aromatic carbocycles. The van der Waals surface area contributed by atoms with E-state index in [0.29, 0.717) is 18.4 Å². The van der Waals surface area contributed by atoms with E-state index in [0.717, 1.165) is 19.6 Å². The van der Waals surface area contributed by atoms with E-state index in [1.807, 2.05) is 32.9 Å². The minimum atomic E-state index is -0.474. The molecule has 0 bridgehead atoms. The van der Waals surface area contributed by atoms with Crippen LogP contribution in [-0.2, 0) is 11.3 Å². The lowest BCUT2D eigenvalue weighted by Gasteiger charge is -2.22. The molecule has 27 heavy (non-hydrogen) atoms. The SMILES string of the molecule is CC(C)(C)OC(=O)NC[C@@H]1CN(Cc2ccccc2)C[C@@H]1c1ccccc1. The smallest absolute Gasteiger partial charge is 0.407 e. The topological polar surface area (TPSA) is 41.6 Å². The second-order valence-electron chi connectivity index (χ2n) is 8.34. The highest BCUT2D eigenvalue weighted by Gasteiger charge is 2.34. The Morgan fingerprint density at radius 1 is 1.04 bits per heavy atom. The van der Waals surface area contributed by atoms with Crippen molar-refractivity contribution in [3.05, 3.63) is 71.8 Å². The molecule has 1 amide bonds. The van der Waals surface area contributed by atoms with Crippen LogP contribution in [0.1, 0.15) is 37.8 Å². The number of ether oxygens (including phenoxy) is 1. The van der Waals surface area contributed by atoms with E-state index in [4.69, 9.17) is 4.74 Å². The van der Waals surface area contributed by atoms with E-state index in [-0.39, 0.29) is 6.09 Å². The van der Waals surface area contributed by atoms with Crippen LogP contribution < -0.4 is 5.32 Å². The molecule has 144 valence electrons. The number of amides is 1. The molecule has 2 atom stereocenters. The number of hydrogen-bond acceptors (Lipinski definition) is 3. The van der Waals surface area contributed by atoms with Crippen molar-refractivity contribution in [3.8, 4) is 0 Å². The molecule has 1 aliphatic rings. The molecular formula is C23H30N2O2. The van der Waals surface area contributed by atoms with Crippen LogP contribution in [0.2, 0.25) is 0 Å². The number of alkyl carbamates (subject to hydrolysis) is 1. The monoisotopic (exact) mass is 366 g/mol. The number of likely N-dealkylation sites (tertiary alicyclic amines) is 1. The lowest BCUT2D eigenvalue weighted by Crippen LogP contribution is -2.36. The summed E-state index contributed by atoms with van der Waals surface area (Å²) >= 11 is 0. The van der Waals surface area contributed by atoms with Crippen molar-refractivity contribution in [2.45, 2.75) is 38.8 Å². The van der Waals surface area contributed by atoms with E-state index < -0.39 is 5.60 Å². The van der Waals surface area contributed by atoms with Crippen LogP contribution in [0.5, 0.6) is 0 Å². The predicted octanol–water partition coefficient (Wildman–Crippen LogP) is 4.43. The summed E-state index contributed by atoms with van der Waals surface area (Å²) in [5.74, 6) is 0.772. The van der Waals surface area contributed by atoms with Gasteiger partial charge in [-0.1, -0.05) is 60.7 Å². The van der Waals surface area contributed by atoms with Crippen LogP contribution in [0.4, 0.5) is 4.79 Å². The first kappa shape index (κ1) is 19.4. The van der Waals surface area contributed by atoms with Gasteiger partial charge in [0.15, 0.2) is 0 Å². The maximum Gasteiger partial charge on any atom is 0.407 e. The number of rotatable bonds is 5. The lowest BCUT2D eigenvalue weighted by atomic mass is 9.89. The van der Waals surface area contributed by atoms with Gasteiger partial charge in [0.2, 0.25) is 0 Å². The molecule has 0 aromatic heterocycles. The molecule has 4 nitrogen and oxygen atoms in total. The fourth-order valence-corrected chi connectivity index (χ4v) is 3.74. The van der Waals surface area contributed by atoms with Gasteiger partial charge in [0, 0.05) is 32.1 Å². The van der Waals surface area contributed by atoms with Crippen molar-refractivity contribution in [1.29, 1.82) is 0 Å². The molecule has 0 saturated carbocycles. The zero-order valence-corrected chi connectivity index (χ0v) is 16.5. The van der Waals surface area contributed by atoms with Crippen LogP contribution in [0.3, 0.4) is 0 Å². The number of nitrogens with one attached hydrogen (secondary N) is 1. The summed E-state index contributed by atoms with van der Waals surface area (Å²) < 4.78 is 5.40. The lowest BCUT2D eigenvalue weighted by molar-refractivity contribution is 0.0518. The second kappa shape index (κ2) is 8.57. The molecule has 0 aliphatic carbocycles. The number of carbonyl (C=O) groups is 1. The first-order chi connectivity index (χ1) is 12.9. The second-order valence-corrected chi connectivity index (χ2v) is 8.34. The number of benzene rings is 2. The minimum Gasteiger partial charge on any atom is -0.444 e. The Kier molecular flexibility index (Phi) is 6.17. The van der Waals surface area contributed by atoms with Crippen LogP contribution in [-0.4, -0.2) is 36.2 Å². The van der Waals surface area contributed by atoms with Gasteiger partial charge in [-0.25, -0.2) is 4.79 Å². The molecule has 1 saturated heterocycles. The third kappa shape index (κ3) is 5.83. The average Bonchev–Trinajstić information content (AvgIpc) is 3.03. The quantitative estimate of drug-likeness (QED) is 0.851. The fourth-order valence-electron chi connectivity index (χ4n) is 3.74. The van der Waals surface area contributed by atoms with Gasteiger partial charge in [-0.3, -0.25) is 4.90 Å². The first-order valence-electron chi connectivity index (χ1n) is 9.69. The van der Waals surface area contributed by atoms with Crippen LogP contribution in [0.15, 0.2) is 60.7 Å². The minimum absolute atomic E-state index is 0.337. The molecule has 1 aliphatic heterocycles. The zero-order valence-electron chi connectivity index (χ0n) is 16.5. The highest BCUT2D eigenvalue weighted by Crippen LogP contribution is 2.33. The van der Waals surface area contributed by atoms with Crippen LogP contribution >= 0.6 is 0 Å². The van der Waals surface area contributed by atoms with Crippen LogP contribution in [0.25, 0.3) is 0 Å². The van der Waals surface area contributed by atoms with E-state index in [1.54, 1.807) is 0 Å². The van der Waals surface area contributed by atoms with E-state index >= 15 is 0 Å². The average molecular weight is 367 g/mol. The van der Waals surface area contributed by atoms with Gasteiger partial charge in [-0.15, -0.1) is 0 Å². The summed E-state index contributed by atoms with van der Waals surface area (Å²) in [6, 6.07) is 21.2. The molecule has 1 heterocycles. The highest BCUT2D eigenvalue weighted by molar-refractivity contribution is 5.67. The van der Waals surface area contributed by atoms with E-state index in [1.165, 1.54) is 11.1 Å². The normalized spacial score (nSPS) is 20.4. The summed E-state index contributed by atoms with van der Waals surface area (Å²) in [5.41, 5.74) is 2.19. The Morgan fingerprint density at radius 3 is 2.30 bits per heavy atom. The first-order valence-corrected chi connectivity index (χ1v) is 9.69. The molecule has 3 rings (SSSR count). The largest absolute Gasteiger partial charge is 0.444 e. The Labute approximate surface area is 162 Å². The summed E-state index contributed by atoms with van der Waals surface area (Å²) in [5, 5.41) is 2.98. The maximum atomic E-state index is 12.1. The Balaban J connectivity index is 1.66. The van der Waals surface area contributed by atoms with E-state index in [9.17, 15) is 4.79 Å². The van der Waals surface area contributed by atoms with E-state index in [2.05, 4.69) is 58.7 Å². The van der Waals surface area contributed by atoms with Crippen LogP contribution in [0, 0.1) is 5.92 Å². The predicted molar refractivity (Wildman–Crippen MR) is 109 cm³/mol.